The highest BCUT2D eigenvalue weighted by Crippen LogP contribution is 2.48. The van der Waals surface area contributed by atoms with E-state index in [1.54, 1.807) is 13.0 Å². The van der Waals surface area contributed by atoms with Crippen LogP contribution in [0.5, 0.6) is 0 Å². The van der Waals surface area contributed by atoms with Crippen molar-refractivity contribution in [3.63, 3.8) is 0 Å². The number of rotatable bonds is 8. The lowest BCUT2D eigenvalue weighted by molar-refractivity contribution is -0.354. The minimum Gasteiger partial charge on any atom is -0.325 e. The van der Waals surface area contributed by atoms with Gasteiger partial charge in [-0.05, 0) is 61.4 Å². The molecule has 0 heterocycles. The number of halogens is 17. The lowest BCUT2D eigenvalue weighted by Gasteiger charge is -2.28. The molecule has 2 rings (SSSR count). The molecule has 0 bridgehead atoms. The van der Waals surface area contributed by atoms with Crippen LogP contribution in [0.25, 0.3) is 0 Å². The molecule has 0 radical (unpaired) electrons. The summed E-state index contributed by atoms with van der Waals surface area (Å²) in [7, 11) is -2.89. The van der Waals surface area contributed by atoms with Gasteiger partial charge >= 0.3 is 36.0 Å². The van der Waals surface area contributed by atoms with Gasteiger partial charge < -0.3 is 5.73 Å². The summed E-state index contributed by atoms with van der Waals surface area (Å²) in [6.07, 6.45) is -14.9. The summed E-state index contributed by atoms with van der Waals surface area (Å²) in [4.78, 5) is -0.311. The van der Waals surface area contributed by atoms with E-state index in [1.165, 1.54) is 25.1 Å². The van der Waals surface area contributed by atoms with Gasteiger partial charge in [-0.1, -0.05) is 31.9 Å². The maximum atomic E-state index is 13.1. The van der Waals surface area contributed by atoms with Crippen LogP contribution in [0.1, 0.15) is 17.5 Å². The molecule has 24 heteroatoms. The Morgan fingerprint density at radius 3 is 1.28 bits per heavy atom. The molecule has 5 nitrogen and oxygen atoms in total. The number of nitrogens with two attached hydrogens (primary N) is 1. The quantitative estimate of drug-likeness (QED) is 0.211. The molecule has 2 N–H and O–H groups in total. The molecule has 0 aromatic heterocycles. The molecule has 0 aliphatic heterocycles. The van der Waals surface area contributed by atoms with Gasteiger partial charge in [0.1, 0.15) is 0 Å². The summed E-state index contributed by atoms with van der Waals surface area (Å²) in [5.74, 6) is -24.7. The fraction of sp³-hybridized carbons (Fsp3) is 0.478. The molecule has 0 atom stereocenters. The summed E-state index contributed by atoms with van der Waals surface area (Å²) in [5, 5.41) is 0. The Labute approximate surface area is 279 Å². The molecule has 0 aliphatic rings. The van der Waals surface area contributed by atoms with Crippen molar-refractivity contribution in [2.24, 2.45) is 5.73 Å². The van der Waals surface area contributed by atoms with Crippen LogP contribution < -0.4 is 5.73 Å². The summed E-state index contributed by atoms with van der Waals surface area (Å²) in [6.45, 7) is 1.24. The molecule has 47 heavy (non-hydrogen) atoms. The first-order valence-electron chi connectivity index (χ1n) is 11.6. The Hall–Kier alpha value is -1.43. The van der Waals surface area contributed by atoms with Gasteiger partial charge in [-0.25, -0.2) is 16.8 Å². The Bertz CT molecular complexity index is 1600. The first-order valence-corrected chi connectivity index (χ1v) is 17.2. The van der Waals surface area contributed by atoms with Crippen LogP contribution in [0, 0.1) is 13.8 Å². The van der Waals surface area contributed by atoms with Crippen molar-refractivity contribution in [3.05, 3.63) is 56.5 Å². The van der Waals surface area contributed by atoms with Gasteiger partial charge in [0.2, 0.25) is 0 Å². The number of hydrogen-bond acceptors (Lipinski definition) is 5. The van der Waals surface area contributed by atoms with E-state index in [-0.39, 0.29) is 4.90 Å². The first-order chi connectivity index (χ1) is 20.6. The molecule has 0 spiro atoms. The summed E-state index contributed by atoms with van der Waals surface area (Å²) in [6, 6.07) is 8.06. The van der Waals surface area contributed by atoms with Crippen LogP contribution >= 0.6 is 42.5 Å². The van der Waals surface area contributed by atoms with Crippen LogP contribution in [0.3, 0.4) is 0 Å². The van der Waals surface area contributed by atoms with E-state index >= 15 is 0 Å². The molecule has 272 valence electrons. The van der Waals surface area contributed by atoms with Crippen LogP contribution in [-0.2, 0) is 18.9 Å². The van der Waals surface area contributed by atoms with Gasteiger partial charge in [0.25, 0.3) is 9.05 Å². The fourth-order valence-electron chi connectivity index (χ4n) is 2.66. The molecule has 0 aliphatic carbocycles. The van der Waals surface area contributed by atoms with Gasteiger partial charge in [-0.3, -0.25) is 0 Å². The van der Waals surface area contributed by atoms with E-state index in [2.05, 4.69) is 37.6 Å². The van der Waals surface area contributed by atoms with Crippen molar-refractivity contribution in [2.45, 2.75) is 66.1 Å². The third kappa shape index (κ3) is 11.8. The van der Waals surface area contributed by atoms with E-state index in [0.717, 1.165) is 22.2 Å². The average Bonchev–Trinajstić information content (AvgIpc) is 2.89. The number of alkyl halides is 14. The Morgan fingerprint density at radius 2 is 0.979 bits per heavy atom. The minimum atomic E-state index is -6.48. The molecule has 2 aromatic carbocycles. The smallest absolute Gasteiger partial charge is 0.325 e. The second kappa shape index (κ2) is 15.6. The highest BCUT2D eigenvalue weighted by atomic mass is 79.9. The monoisotopic (exact) mass is 897 g/mol. The van der Waals surface area contributed by atoms with Gasteiger partial charge in [0, 0.05) is 26.0 Å². The maximum Gasteiger partial charge on any atom is 0.459 e. The van der Waals surface area contributed by atoms with Crippen LogP contribution in [0.2, 0.25) is 0 Å². The molecule has 0 amide bonds. The highest BCUT2D eigenvalue weighted by Gasteiger charge is 2.73. The van der Waals surface area contributed by atoms with E-state index in [4.69, 9.17) is 10.7 Å². The average molecular weight is 900 g/mol. The number of aryl methyl sites for hydroxylation is 2. The molecular weight excluding hydrogens is 880 g/mol. The zero-order valence-corrected chi connectivity index (χ0v) is 28.6. The molecule has 0 saturated heterocycles. The van der Waals surface area contributed by atoms with E-state index in [1.807, 2.05) is 0 Å². The number of sulfone groups is 1. The van der Waals surface area contributed by atoms with Crippen LogP contribution in [0.4, 0.5) is 61.5 Å². The van der Waals surface area contributed by atoms with Gasteiger partial charge in [-0.15, -0.1) is 0 Å². The van der Waals surface area contributed by atoms with Crippen molar-refractivity contribution in [2.75, 3.05) is 12.3 Å². The third-order valence-electron chi connectivity index (χ3n) is 5.47. The molecule has 0 unspecified atom stereocenters. The maximum absolute atomic E-state index is 13.1. The SMILES string of the molecule is Cc1cc(S(=O)(=O)CCC(F)(F)C(F)(F)C(F)(F)F)ccc1Br.Cc1cc(S(=O)(=O)Cl)ccc1Br.NCC(F)(F)C(F)(F)C(F)(F)F. The number of hydrogen-bond donors (Lipinski definition) is 1. The predicted molar refractivity (Wildman–Crippen MR) is 148 cm³/mol. The zero-order chi connectivity index (χ0) is 37.8. The number of benzene rings is 2. The van der Waals surface area contributed by atoms with Gasteiger partial charge in [-0.2, -0.15) is 61.5 Å². The lowest BCUT2D eigenvalue weighted by Crippen LogP contribution is -2.55. The van der Waals surface area contributed by atoms with Crippen LogP contribution in [-0.4, -0.2) is 65.2 Å². The van der Waals surface area contributed by atoms with Crippen LogP contribution in [0.15, 0.2) is 55.1 Å². The molecule has 0 fully saturated rings. The Morgan fingerprint density at radius 1 is 0.638 bits per heavy atom. The van der Waals surface area contributed by atoms with Crippen molar-refractivity contribution in [3.8, 4) is 0 Å². The molecule has 0 saturated carbocycles. The third-order valence-corrected chi connectivity index (χ3v) is 10.3. The predicted octanol–water partition coefficient (Wildman–Crippen LogP) is 9.22. The van der Waals surface area contributed by atoms with Crippen molar-refractivity contribution in [1.29, 1.82) is 0 Å². The second-order valence-corrected chi connectivity index (χ2v) is 15.5. The van der Waals surface area contributed by atoms with E-state index in [0.29, 0.717) is 10.0 Å². The summed E-state index contributed by atoms with van der Waals surface area (Å²) < 4.78 is 215. The highest BCUT2D eigenvalue weighted by molar-refractivity contribution is 9.10. The largest absolute Gasteiger partial charge is 0.459 e. The van der Waals surface area contributed by atoms with Gasteiger partial charge in [0.15, 0.2) is 9.84 Å². The standard InChI is InChI=1S/C12H10BrF7O2S.C7H6BrClO2S.C4H4F7N/c1-7-6-8(2-3-9(7)13)23(21,22)5-4-10(14,15)11(16,17)12(18,19)20;1-5-4-6(12(9,10)11)2-3-7(5)8;5-2(6,1-12)3(7,8)4(9,10)11/h2-3,6H,4-5H2,1H3;2-4H,1H3;1,12H2. The summed E-state index contributed by atoms with van der Waals surface area (Å²) >= 11 is 6.33. The fourth-order valence-corrected chi connectivity index (χ4v) is 5.38. The molecule has 2 aromatic rings. The topological polar surface area (TPSA) is 94.3 Å². The lowest BCUT2D eigenvalue weighted by atomic mass is 10.1. The van der Waals surface area contributed by atoms with Gasteiger partial charge in [0.05, 0.1) is 22.1 Å². The normalized spacial score (nSPS) is 13.7. The Kier molecular flexibility index (Phi) is 15.2. The molecular formula is C23H20Br2ClF14NO4S2. The van der Waals surface area contributed by atoms with Crippen molar-refractivity contribution >= 4 is 61.4 Å². The first kappa shape index (κ1) is 45.6. The van der Waals surface area contributed by atoms with E-state index in [9.17, 15) is 78.3 Å². The van der Waals surface area contributed by atoms with E-state index < -0.39 is 78.5 Å². The Balaban J connectivity index is 0.000000743. The van der Waals surface area contributed by atoms with Crippen molar-refractivity contribution < 1.29 is 78.3 Å². The minimum absolute atomic E-state index is 0.130. The second-order valence-electron chi connectivity index (χ2n) is 9.09. The van der Waals surface area contributed by atoms with Crippen molar-refractivity contribution in [1.82, 2.24) is 0 Å². The summed E-state index contributed by atoms with van der Waals surface area (Å²) in [5.41, 5.74) is 5.33. The zero-order valence-electron chi connectivity index (χ0n) is 23.0.